The lowest BCUT2D eigenvalue weighted by Crippen LogP contribution is -2.27. The lowest BCUT2D eigenvalue weighted by Gasteiger charge is -2.24. The number of benzene rings is 1. The Hall–Kier alpha value is -2.84. The van der Waals surface area contributed by atoms with Gasteiger partial charge in [-0.15, -0.1) is 0 Å². The number of carbonyl (C=O) groups excluding carboxylic acids is 1. The van der Waals surface area contributed by atoms with Crippen LogP contribution in [0.15, 0.2) is 23.0 Å². The first kappa shape index (κ1) is 18.0. The monoisotopic (exact) mass is 367 g/mol. The summed E-state index contributed by atoms with van der Waals surface area (Å²) in [6.07, 6.45) is 0.0659. The van der Waals surface area contributed by atoms with Crippen LogP contribution in [0.5, 0.6) is 11.5 Å². The van der Waals surface area contributed by atoms with E-state index >= 15 is 0 Å². The number of ether oxygens (including phenoxy) is 2. The molecule has 0 saturated heterocycles. The first-order valence-electron chi connectivity index (χ1n) is 8.08. The molecule has 2 heterocycles. The van der Waals surface area contributed by atoms with E-state index in [-0.39, 0.29) is 35.4 Å². The van der Waals surface area contributed by atoms with Crippen molar-refractivity contribution in [1.29, 1.82) is 0 Å². The Morgan fingerprint density at radius 1 is 1.23 bits per heavy atom. The second-order valence-corrected chi connectivity index (χ2v) is 6.26. The summed E-state index contributed by atoms with van der Waals surface area (Å²) >= 11 is 0. The fourth-order valence-electron chi connectivity index (χ4n) is 3.15. The molecule has 2 aromatic rings. The number of methoxy groups -OCH3 is 1. The van der Waals surface area contributed by atoms with E-state index in [2.05, 4.69) is 15.2 Å². The van der Waals surface area contributed by atoms with Crippen molar-refractivity contribution in [3.8, 4) is 11.5 Å². The van der Waals surface area contributed by atoms with Gasteiger partial charge in [-0.05, 0) is 31.5 Å². The molecule has 1 aromatic heterocycles. The van der Waals surface area contributed by atoms with Crippen molar-refractivity contribution in [2.24, 2.45) is 0 Å². The molecule has 1 aromatic carbocycles. The van der Waals surface area contributed by atoms with Crippen LogP contribution in [0.4, 0.5) is 14.6 Å². The summed E-state index contributed by atoms with van der Waals surface area (Å²) in [5, 5.41) is 5.47. The van der Waals surface area contributed by atoms with Gasteiger partial charge < -0.3 is 14.8 Å². The minimum absolute atomic E-state index is 0.0538. The van der Waals surface area contributed by atoms with E-state index in [1.165, 1.54) is 19.2 Å². The van der Waals surface area contributed by atoms with Crippen LogP contribution in [-0.2, 0) is 4.79 Å². The van der Waals surface area contributed by atoms with Gasteiger partial charge in [-0.3, -0.25) is 19.4 Å². The maximum atomic E-state index is 12.5. The van der Waals surface area contributed by atoms with Gasteiger partial charge in [-0.2, -0.15) is 8.78 Å². The molecule has 0 unspecified atom stereocenters. The van der Waals surface area contributed by atoms with Crippen LogP contribution in [0.25, 0.3) is 0 Å². The summed E-state index contributed by atoms with van der Waals surface area (Å²) in [5.74, 6) is -0.326. The summed E-state index contributed by atoms with van der Waals surface area (Å²) in [7, 11) is 1.33. The molecule has 1 amide bonds. The van der Waals surface area contributed by atoms with Crippen molar-refractivity contribution in [1.82, 2.24) is 9.78 Å². The molecule has 0 radical (unpaired) electrons. The van der Waals surface area contributed by atoms with Gasteiger partial charge in [0.1, 0.15) is 5.82 Å². The summed E-state index contributed by atoms with van der Waals surface area (Å²) in [6.45, 7) is 0.779. The summed E-state index contributed by atoms with van der Waals surface area (Å²) in [5.41, 5.74) is 0.736. The minimum Gasteiger partial charge on any atom is -0.493 e. The lowest BCUT2D eigenvalue weighted by atomic mass is 9.87. The Kier molecular flexibility index (Phi) is 4.71. The molecule has 0 saturated carbocycles. The first-order valence-corrected chi connectivity index (χ1v) is 8.08. The second-order valence-electron chi connectivity index (χ2n) is 6.26. The highest BCUT2D eigenvalue weighted by Gasteiger charge is 2.33. The highest BCUT2D eigenvalue weighted by atomic mass is 19.3. The average Bonchev–Trinajstić information content (AvgIpc) is 2.91. The summed E-state index contributed by atoms with van der Waals surface area (Å²) < 4.78 is 36.1. The van der Waals surface area contributed by atoms with E-state index in [1.807, 2.05) is 13.8 Å². The third-order valence-electron chi connectivity index (χ3n) is 4.28. The molecule has 1 atom stereocenters. The number of nitrogens with one attached hydrogen (secondary N) is 2. The van der Waals surface area contributed by atoms with Gasteiger partial charge in [0.2, 0.25) is 5.91 Å². The molecule has 26 heavy (non-hydrogen) atoms. The normalized spacial score (nSPS) is 16.6. The number of rotatable bonds is 5. The van der Waals surface area contributed by atoms with Crippen LogP contribution in [-0.4, -0.2) is 29.4 Å². The predicted molar refractivity (Wildman–Crippen MR) is 90.2 cm³/mol. The Bertz CT molecular complexity index is 889. The number of halogens is 2. The van der Waals surface area contributed by atoms with Gasteiger partial charge in [0.05, 0.1) is 12.7 Å². The number of aromatic nitrogens is 2. The number of hydrogen-bond donors (Lipinski definition) is 2. The van der Waals surface area contributed by atoms with Crippen LogP contribution in [0, 0.1) is 0 Å². The number of aromatic amines is 1. The number of H-pyrrole nitrogens is 1. The standard InChI is InChI=1S/C17H19F2N3O4/c1-8(2)22-15-14(16(24)21-22)10(7-13(23)20-15)9-4-5-11(26-17(18)19)12(6-9)25-3/h4-6,8,10,17H,7H2,1-3H3,(H,20,23)(H,21,24)/t10-/m0/s1. The van der Waals surface area contributed by atoms with Gasteiger partial charge >= 0.3 is 6.61 Å². The van der Waals surface area contributed by atoms with Gasteiger partial charge in [0.15, 0.2) is 11.5 Å². The Morgan fingerprint density at radius 2 is 1.96 bits per heavy atom. The van der Waals surface area contributed by atoms with Crippen molar-refractivity contribution in [2.45, 2.75) is 38.8 Å². The van der Waals surface area contributed by atoms with Gasteiger partial charge in [-0.25, -0.2) is 0 Å². The molecule has 0 fully saturated rings. The molecular weight excluding hydrogens is 348 g/mol. The second kappa shape index (κ2) is 6.81. The molecular formula is C17H19F2N3O4. The predicted octanol–water partition coefficient (Wildman–Crippen LogP) is 2.84. The zero-order valence-electron chi connectivity index (χ0n) is 14.5. The minimum atomic E-state index is -2.98. The molecule has 0 aliphatic carbocycles. The summed E-state index contributed by atoms with van der Waals surface area (Å²) in [4.78, 5) is 24.6. The fraction of sp³-hybridized carbons (Fsp3) is 0.412. The van der Waals surface area contributed by atoms with E-state index in [0.29, 0.717) is 16.9 Å². The average molecular weight is 367 g/mol. The van der Waals surface area contributed by atoms with Crippen LogP contribution >= 0.6 is 0 Å². The SMILES string of the molecule is COc1cc([C@@H]2CC(=O)Nc3c2c(=O)[nH]n3C(C)C)ccc1OC(F)F. The molecule has 7 nitrogen and oxygen atoms in total. The zero-order valence-corrected chi connectivity index (χ0v) is 14.5. The number of nitrogens with zero attached hydrogens (tertiary/aromatic N) is 1. The number of fused-ring (bicyclic) bond motifs is 1. The zero-order chi connectivity index (χ0) is 19.0. The molecule has 2 N–H and O–H groups in total. The van der Waals surface area contributed by atoms with Crippen molar-refractivity contribution in [3.63, 3.8) is 0 Å². The molecule has 0 bridgehead atoms. The number of carbonyl (C=O) groups is 1. The van der Waals surface area contributed by atoms with Crippen molar-refractivity contribution in [2.75, 3.05) is 12.4 Å². The fourth-order valence-corrected chi connectivity index (χ4v) is 3.15. The van der Waals surface area contributed by atoms with E-state index < -0.39 is 12.5 Å². The molecule has 0 spiro atoms. The Labute approximate surface area is 147 Å². The largest absolute Gasteiger partial charge is 0.493 e. The van der Waals surface area contributed by atoms with E-state index in [9.17, 15) is 18.4 Å². The Balaban J connectivity index is 2.08. The molecule has 1 aliphatic rings. The molecule has 9 heteroatoms. The number of anilines is 1. The number of hydrogen-bond acceptors (Lipinski definition) is 4. The number of amides is 1. The highest BCUT2D eigenvalue weighted by molar-refractivity contribution is 5.94. The van der Waals surface area contributed by atoms with Gasteiger partial charge in [0.25, 0.3) is 5.56 Å². The van der Waals surface area contributed by atoms with Gasteiger partial charge in [0, 0.05) is 18.4 Å². The first-order chi connectivity index (χ1) is 12.3. The van der Waals surface area contributed by atoms with Crippen LogP contribution in [0.1, 0.15) is 43.4 Å². The molecule has 1 aliphatic heterocycles. The smallest absolute Gasteiger partial charge is 0.387 e. The van der Waals surface area contributed by atoms with Crippen LogP contribution in [0.3, 0.4) is 0 Å². The maximum absolute atomic E-state index is 12.5. The van der Waals surface area contributed by atoms with Crippen LogP contribution in [0.2, 0.25) is 0 Å². The topological polar surface area (TPSA) is 85.4 Å². The van der Waals surface area contributed by atoms with Gasteiger partial charge in [-0.1, -0.05) is 6.07 Å². The van der Waals surface area contributed by atoms with Crippen molar-refractivity contribution in [3.05, 3.63) is 39.7 Å². The number of alkyl halides is 2. The third-order valence-corrected chi connectivity index (χ3v) is 4.28. The van der Waals surface area contributed by atoms with Crippen molar-refractivity contribution >= 4 is 11.7 Å². The molecule has 140 valence electrons. The molecule has 3 rings (SSSR count). The lowest BCUT2D eigenvalue weighted by molar-refractivity contribution is -0.116. The van der Waals surface area contributed by atoms with E-state index in [0.717, 1.165) is 0 Å². The van der Waals surface area contributed by atoms with Crippen molar-refractivity contribution < 1.29 is 23.0 Å². The van der Waals surface area contributed by atoms with E-state index in [4.69, 9.17) is 4.74 Å². The van der Waals surface area contributed by atoms with Crippen LogP contribution < -0.4 is 20.3 Å². The summed E-state index contributed by atoms with van der Waals surface area (Å²) in [6, 6.07) is 4.36. The quantitative estimate of drug-likeness (QED) is 0.851. The third kappa shape index (κ3) is 3.16. The highest BCUT2D eigenvalue weighted by Crippen LogP contribution is 2.39. The van der Waals surface area contributed by atoms with E-state index in [1.54, 1.807) is 10.7 Å². The Morgan fingerprint density at radius 3 is 2.58 bits per heavy atom. The maximum Gasteiger partial charge on any atom is 0.387 e.